The summed E-state index contributed by atoms with van der Waals surface area (Å²) in [5.41, 5.74) is 1.36. The lowest BCUT2D eigenvalue weighted by Crippen LogP contribution is -2.20. The Hall–Kier alpha value is -3.86. The van der Waals surface area contributed by atoms with Gasteiger partial charge in [0.2, 0.25) is 0 Å². The molecule has 0 saturated heterocycles. The van der Waals surface area contributed by atoms with Gasteiger partial charge in [-0.2, -0.15) is 0 Å². The number of benzene rings is 3. The minimum atomic E-state index is -0.590. The van der Waals surface area contributed by atoms with Crippen LogP contribution in [0.4, 0.5) is 5.69 Å². The first kappa shape index (κ1) is 18.9. The van der Waals surface area contributed by atoms with Gasteiger partial charge < -0.3 is 14.8 Å². The van der Waals surface area contributed by atoms with E-state index >= 15 is 0 Å². The molecule has 140 valence electrons. The average Bonchev–Trinajstić information content (AvgIpc) is 2.74. The van der Waals surface area contributed by atoms with Crippen LogP contribution in [-0.2, 0) is 14.3 Å². The van der Waals surface area contributed by atoms with E-state index in [0.29, 0.717) is 17.2 Å². The van der Waals surface area contributed by atoms with E-state index in [2.05, 4.69) is 5.32 Å². The van der Waals surface area contributed by atoms with Crippen LogP contribution in [0.3, 0.4) is 0 Å². The highest BCUT2D eigenvalue weighted by Gasteiger charge is 2.10. The predicted octanol–water partition coefficient (Wildman–Crippen LogP) is 4.67. The van der Waals surface area contributed by atoms with Crippen LogP contribution in [0.5, 0.6) is 11.5 Å². The standard InChI is InChI=1S/C23H19NO4/c25-22(17-27-23(26)16-15-18-9-3-1-4-10-18)24-20-13-7-8-14-21(20)28-19-11-5-2-6-12-19/h1-16H,17H2,(H,24,25)/b16-15+. The fourth-order valence-corrected chi connectivity index (χ4v) is 2.37. The zero-order valence-corrected chi connectivity index (χ0v) is 15.1. The number of para-hydroxylation sites is 3. The first-order valence-electron chi connectivity index (χ1n) is 8.72. The summed E-state index contributed by atoms with van der Waals surface area (Å²) in [6.07, 6.45) is 2.91. The maximum atomic E-state index is 12.1. The molecule has 0 aliphatic rings. The lowest BCUT2D eigenvalue weighted by atomic mass is 10.2. The minimum Gasteiger partial charge on any atom is -0.455 e. The molecule has 5 nitrogen and oxygen atoms in total. The molecule has 3 rings (SSSR count). The van der Waals surface area contributed by atoms with Gasteiger partial charge in [-0.25, -0.2) is 4.79 Å². The van der Waals surface area contributed by atoms with Gasteiger partial charge >= 0.3 is 5.97 Å². The fraction of sp³-hybridized carbons (Fsp3) is 0.0435. The van der Waals surface area contributed by atoms with Gasteiger partial charge in [-0.1, -0.05) is 60.7 Å². The zero-order chi connectivity index (χ0) is 19.6. The van der Waals surface area contributed by atoms with Crippen LogP contribution >= 0.6 is 0 Å². The lowest BCUT2D eigenvalue weighted by Gasteiger charge is -2.12. The molecule has 0 unspecified atom stereocenters. The summed E-state index contributed by atoms with van der Waals surface area (Å²) in [5.74, 6) is 0.109. The van der Waals surface area contributed by atoms with Crippen molar-refractivity contribution >= 4 is 23.6 Å². The predicted molar refractivity (Wildman–Crippen MR) is 108 cm³/mol. The highest BCUT2D eigenvalue weighted by Crippen LogP contribution is 2.28. The molecule has 0 heterocycles. The number of anilines is 1. The second-order valence-corrected chi connectivity index (χ2v) is 5.81. The molecule has 5 heteroatoms. The van der Waals surface area contributed by atoms with Crippen LogP contribution in [0.2, 0.25) is 0 Å². The van der Waals surface area contributed by atoms with Crippen molar-refractivity contribution in [3.8, 4) is 11.5 Å². The quantitative estimate of drug-likeness (QED) is 0.483. The molecule has 28 heavy (non-hydrogen) atoms. The first-order chi connectivity index (χ1) is 13.7. The molecule has 0 radical (unpaired) electrons. The van der Waals surface area contributed by atoms with Gasteiger partial charge in [-0.3, -0.25) is 4.79 Å². The third-order valence-electron chi connectivity index (χ3n) is 3.69. The molecule has 1 amide bonds. The second-order valence-electron chi connectivity index (χ2n) is 5.81. The molecule has 3 aromatic rings. The van der Waals surface area contributed by atoms with Crippen LogP contribution in [0.1, 0.15) is 5.56 Å². The molecule has 0 aliphatic heterocycles. The van der Waals surface area contributed by atoms with E-state index in [0.717, 1.165) is 5.56 Å². The van der Waals surface area contributed by atoms with E-state index in [1.165, 1.54) is 6.08 Å². The van der Waals surface area contributed by atoms with Crippen molar-refractivity contribution in [2.75, 3.05) is 11.9 Å². The van der Waals surface area contributed by atoms with Crippen LogP contribution in [0.15, 0.2) is 91.0 Å². The number of hydrogen-bond acceptors (Lipinski definition) is 4. The number of ether oxygens (including phenoxy) is 2. The van der Waals surface area contributed by atoms with Gasteiger partial charge in [0.1, 0.15) is 5.75 Å². The Labute approximate surface area is 163 Å². The molecule has 0 atom stereocenters. The Morgan fingerprint density at radius 3 is 2.21 bits per heavy atom. The number of esters is 1. The molecule has 0 aromatic heterocycles. The van der Waals surface area contributed by atoms with Gasteiger partial charge in [-0.15, -0.1) is 0 Å². The Balaban J connectivity index is 1.53. The summed E-state index contributed by atoms with van der Waals surface area (Å²) in [6, 6.07) is 25.6. The molecule has 0 aliphatic carbocycles. The van der Waals surface area contributed by atoms with Crippen molar-refractivity contribution in [3.05, 3.63) is 96.6 Å². The van der Waals surface area contributed by atoms with Crippen molar-refractivity contribution in [1.82, 2.24) is 0 Å². The Morgan fingerprint density at radius 1 is 0.821 bits per heavy atom. The van der Waals surface area contributed by atoms with Crippen molar-refractivity contribution in [2.45, 2.75) is 0 Å². The van der Waals surface area contributed by atoms with Crippen LogP contribution < -0.4 is 10.1 Å². The molecule has 0 fully saturated rings. The normalized spacial score (nSPS) is 10.4. The highest BCUT2D eigenvalue weighted by molar-refractivity contribution is 5.95. The summed E-state index contributed by atoms with van der Waals surface area (Å²) in [5, 5.41) is 2.69. The Morgan fingerprint density at radius 2 is 1.46 bits per heavy atom. The summed E-state index contributed by atoms with van der Waals surface area (Å²) in [6.45, 7) is -0.391. The van der Waals surface area contributed by atoms with Crippen LogP contribution in [0.25, 0.3) is 6.08 Å². The fourth-order valence-electron chi connectivity index (χ4n) is 2.37. The summed E-state index contributed by atoms with van der Waals surface area (Å²) >= 11 is 0. The molecule has 0 bridgehead atoms. The monoisotopic (exact) mass is 373 g/mol. The number of hydrogen-bond donors (Lipinski definition) is 1. The van der Waals surface area contributed by atoms with E-state index in [-0.39, 0.29) is 0 Å². The molecular formula is C23H19NO4. The van der Waals surface area contributed by atoms with Crippen molar-refractivity contribution < 1.29 is 19.1 Å². The third kappa shape index (κ3) is 5.85. The SMILES string of the molecule is O=C(COC(=O)/C=C/c1ccccc1)Nc1ccccc1Oc1ccccc1. The number of carbonyl (C=O) groups is 2. The smallest absolute Gasteiger partial charge is 0.331 e. The van der Waals surface area contributed by atoms with Crippen LogP contribution in [-0.4, -0.2) is 18.5 Å². The first-order valence-corrected chi connectivity index (χ1v) is 8.72. The van der Waals surface area contributed by atoms with Gasteiger partial charge in [0.25, 0.3) is 5.91 Å². The minimum absolute atomic E-state index is 0.391. The van der Waals surface area contributed by atoms with Gasteiger partial charge in [0.05, 0.1) is 5.69 Å². The average molecular weight is 373 g/mol. The van der Waals surface area contributed by atoms with E-state index in [1.54, 1.807) is 24.3 Å². The van der Waals surface area contributed by atoms with Gasteiger partial charge in [0.15, 0.2) is 12.4 Å². The molecule has 3 aromatic carbocycles. The maximum absolute atomic E-state index is 12.1. The number of amides is 1. The highest BCUT2D eigenvalue weighted by atomic mass is 16.5. The summed E-state index contributed by atoms with van der Waals surface area (Å²) in [4.78, 5) is 23.9. The topological polar surface area (TPSA) is 64.6 Å². The van der Waals surface area contributed by atoms with Crippen LogP contribution in [0, 0.1) is 0 Å². The summed E-state index contributed by atoms with van der Waals surface area (Å²) < 4.78 is 10.8. The largest absolute Gasteiger partial charge is 0.455 e. The second kappa shape index (κ2) is 9.73. The zero-order valence-electron chi connectivity index (χ0n) is 15.1. The third-order valence-corrected chi connectivity index (χ3v) is 3.69. The maximum Gasteiger partial charge on any atom is 0.331 e. The van der Waals surface area contributed by atoms with E-state index in [9.17, 15) is 9.59 Å². The van der Waals surface area contributed by atoms with Gasteiger partial charge in [0, 0.05) is 6.08 Å². The molecular weight excluding hydrogens is 354 g/mol. The number of carbonyl (C=O) groups excluding carboxylic acids is 2. The van der Waals surface area contributed by atoms with E-state index < -0.39 is 18.5 Å². The molecule has 0 saturated carbocycles. The van der Waals surface area contributed by atoms with Crippen molar-refractivity contribution in [3.63, 3.8) is 0 Å². The number of rotatable bonds is 7. The Kier molecular flexibility index (Phi) is 6.57. The van der Waals surface area contributed by atoms with E-state index in [4.69, 9.17) is 9.47 Å². The van der Waals surface area contributed by atoms with Crippen molar-refractivity contribution in [2.24, 2.45) is 0 Å². The van der Waals surface area contributed by atoms with E-state index in [1.807, 2.05) is 66.7 Å². The summed E-state index contributed by atoms with van der Waals surface area (Å²) in [7, 11) is 0. The van der Waals surface area contributed by atoms with Crippen molar-refractivity contribution in [1.29, 1.82) is 0 Å². The molecule has 0 spiro atoms. The lowest BCUT2D eigenvalue weighted by molar-refractivity contribution is -0.142. The number of nitrogens with one attached hydrogen (secondary N) is 1. The Bertz CT molecular complexity index is 953. The van der Waals surface area contributed by atoms with Gasteiger partial charge in [-0.05, 0) is 35.9 Å². The molecule has 1 N–H and O–H groups in total.